The maximum atomic E-state index is 12.4. The molecule has 0 saturated carbocycles. The Kier molecular flexibility index (Phi) is 6.40. The Bertz CT molecular complexity index is 457. The van der Waals surface area contributed by atoms with Crippen molar-refractivity contribution in [3.63, 3.8) is 0 Å². The molecule has 9 heteroatoms. The van der Waals surface area contributed by atoms with Gasteiger partial charge in [0.2, 0.25) is 5.91 Å². The number of alkyl halides is 3. The van der Waals surface area contributed by atoms with Crippen LogP contribution in [0.2, 0.25) is 0 Å². The van der Waals surface area contributed by atoms with Crippen molar-refractivity contribution in [1.82, 2.24) is 10.2 Å². The van der Waals surface area contributed by atoms with Gasteiger partial charge in [0, 0.05) is 13.1 Å². The van der Waals surface area contributed by atoms with E-state index in [0.29, 0.717) is 0 Å². The predicted molar refractivity (Wildman–Crippen MR) is 74.4 cm³/mol. The molecule has 1 rings (SSSR count). The third kappa shape index (κ3) is 5.72. The number of carboxylic acids is 1. The number of halogens is 3. The zero-order chi connectivity index (χ0) is 17.8. The SMILES string of the molecule is CC(C)C[C@H](NC(=O)C(F)(F)F)C(=O)N1CCC(C(=O)O)CC1. The van der Waals surface area contributed by atoms with Crippen molar-refractivity contribution >= 4 is 17.8 Å². The first-order valence-electron chi connectivity index (χ1n) is 7.41. The minimum atomic E-state index is -5.05. The maximum absolute atomic E-state index is 12.4. The Labute approximate surface area is 132 Å². The molecule has 0 radical (unpaired) electrons. The Morgan fingerprint density at radius 3 is 2.13 bits per heavy atom. The Hall–Kier alpha value is -1.80. The van der Waals surface area contributed by atoms with E-state index in [2.05, 4.69) is 0 Å². The summed E-state index contributed by atoms with van der Waals surface area (Å²) in [6.07, 6.45) is -4.46. The number of hydrogen-bond donors (Lipinski definition) is 2. The van der Waals surface area contributed by atoms with Crippen LogP contribution in [0.5, 0.6) is 0 Å². The fourth-order valence-electron chi connectivity index (χ4n) is 2.50. The van der Waals surface area contributed by atoms with Crippen molar-refractivity contribution in [1.29, 1.82) is 0 Å². The number of amides is 2. The lowest BCUT2D eigenvalue weighted by molar-refractivity contribution is -0.175. The Morgan fingerprint density at radius 2 is 1.74 bits per heavy atom. The van der Waals surface area contributed by atoms with E-state index in [-0.39, 0.29) is 38.3 Å². The zero-order valence-electron chi connectivity index (χ0n) is 13.0. The predicted octanol–water partition coefficient (Wildman–Crippen LogP) is 1.40. The average Bonchev–Trinajstić information content (AvgIpc) is 2.44. The summed E-state index contributed by atoms with van der Waals surface area (Å²) in [6, 6.07) is -1.26. The molecule has 1 aliphatic rings. The van der Waals surface area contributed by atoms with Gasteiger partial charge in [-0.1, -0.05) is 13.8 Å². The van der Waals surface area contributed by atoms with Crippen LogP contribution >= 0.6 is 0 Å². The van der Waals surface area contributed by atoms with Crippen LogP contribution in [0, 0.1) is 11.8 Å². The maximum Gasteiger partial charge on any atom is 0.471 e. The quantitative estimate of drug-likeness (QED) is 0.793. The lowest BCUT2D eigenvalue weighted by atomic mass is 9.95. The number of aliphatic carboxylic acids is 1. The number of piperidine rings is 1. The van der Waals surface area contributed by atoms with Gasteiger partial charge in [0.1, 0.15) is 6.04 Å². The lowest BCUT2D eigenvalue weighted by Gasteiger charge is -2.33. The van der Waals surface area contributed by atoms with Crippen LogP contribution in [-0.4, -0.2) is 53.1 Å². The molecule has 0 spiro atoms. The molecular weight excluding hydrogens is 317 g/mol. The van der Waals surface area contributed by atoms with Gasteiger partial charge in [0.15, 0.2) is 0 Å². The highest BCUT2D eigenvalue weighted by Crippen LogP contribution is 2.20. The van der Waals surface area contributed by atoms with Gasteiger partial charge >= 0.3 is 18.1 Å². The van der Waals surface area contributed by atoms with Crippen molar-refractivity contribution in [2.24, 2.45) is 11.8 Å². The van der Waals surface area contributed by atoms with Crippen LogP contribution in [0.1, 0.15) is 33.1 Å². The highest BCUT2D eigenvalue weighted by Gasteiger charge is 2.41. The van der Waals surface area contributed by atoms with Gasteiger partial charge in [-0.3, -0.25) is 14.4 Å². The van der Waals surface area contributed by atoms with Gasteiger partial charge < -0.3 is 15.3 Å². The van der Waals surface area contributed by atoms with Gasteiger partial charge in [-0.05, 0) is 25.2 Å². The number of likely N-dealkylation sites (tertiary alicyclic amines) is 1. The first-order chi connectivity index (χ1) is 10.5. The van der Waals surface area contributed by atoms with Crippen molar-refractivity contribution in [2.45, 2.75) is 45.3 Å². The highest BCUT2D eigenvalue weighted by atomic mass is 19.4. The van der Waals surface area contributed by atoms with E-state index >= 15 is 0 Å². The molecule has 1 heterocycles. The Balaban J connectivity index is 2.73. The van der Waals surface area contributed by atoms with Gasteiger partial charge in [-0.2, -0.15) is 13.2 Å². The largest absolute Gasteiger partial charge is 0.481 e. The first-order valence-corrected chi connectivity index (χ1v) is 7.41. The number of nitrogens with zero attached hydrogens (tertiary/aromatic N) is 1. The molecule has 0 unspecified atom stereocenters. The fourth-order valence-corrected chi connectivity index (χ4v) is 2.50. The van der Waals surface area contributed by atoms with E-state index in [9.17, 15) is 27.6 Å². The number of carboxylic acid groups (broad SMARTS) is 1. The molecule has 0 aromatic heterocycles. The molecule has 0 aromatic carbocycles. The second-order valence-electron chi connectivity index (χ2n) is 6.09. The van der Waals surface area contributed by atoms with Crippen LogP contribution in [0.25, 0.3) is 0 Å². The fraction of sp³-hybridized carbons (Fsp3) is 0.786. The van der Waals surface area contributed by atoms with E-state index in [1.165, 1.54) is 4.90 Å². The summed E-state index contributed by atoms with van der Waals surface area (Å²) >= 11 is 0. The molecule has 1 aliphatic heterocycles. The van der Waals surface area contributed by atoms with Crippen LogP contribution < -0.4 is 5.32 Å². The minimum absolute atomic E-state index is 0.0828. The van der Waals surface area contributed by atoms with Crippen LogP contribution in [0.4, 0.5) is 13.2 Å². The standard InChI is InChI=1S/C14H21F3N2O4/c1-8(2)7-10(18-13(23)14(15,16)17)11(20)19-5-3-9(4-6-19)12(21)22/h8-10H,3-7H2,1-2H3,(H,18,23)(H,21,22)/t10-/m0/s1. The summed E-state index contributed by atoms with van der Waals surface area (Å²) in [5.41, 5.74) is 0. The first kappa shape index (κ1) is 19.2. The summed E-state index contributed by atoms with van der Waals surface area (Å²) in [5.74, 6) is -4.32. The molecule has 0 aromatic rings. The summed E-state index contributed by atoms with van der Waals surface area (Å²) in [4.78, 5) is 35.7. The minimum Gasteiger partial charge on any atom is -0.481 e. The van der Waals surface area contributed by atoms with E-state index in [1.54, 1.807) is 19.2 Å². The lowest BCUT2D eigenvalue weighted by Crippen LogP contribution is -2.54. The van der Waals surface area contributed by atoms with Crippen LogP contribution in [-0.2, 0) is 14.4 Å². The molecule has 2 N–H and O–H groups in total. The van der Waals surface area contributed by atoms with Gasteiger partial charge in [-0.25, -0.2) is 0 Å². The summed E-state index contributed by atoms with van der Waals surface area (Å²) < 4.78 is 37.2. The van der Waals surface area contributed by atoms with Crippen molar-refractivity contribution in [2.75, 3.05) is 13.1 Å². The van der Waals surface area contributed by atoms with Crippen molar-refractivity contribution in [3.8, 4) is 0 Å². The topological polar surface area (TPSA) is 86.7 Å². The third-order valence-electron chi connectivity index (χ3n) is 3.72. The van der Waals surface area contributed by atoms with Crippen molar-refractivity contribution in [3.05, 3.63) is 0 Å². The number of rotatable bonds is 5. The zero-order valence-corrected chi connectivity index (χ0v) is 13.0. The third-order valence-corrected chi connectivity index (χ3v) is 3.72. The smallest absolute Gasteiger partial charge is 0.471 e. The molecule has 0 bridgehead atoms. The summed E-state index contributed by atoms with van der Waals surface area (Å²) in [6.45, 7) is 3.78. The summed E-state index contributed by atoms with van der Waals surface area (Å²) in [7, 11) is 0. The van der Waals surface area contributed by atoms with E-state index in [0.717, 1.165) is 0 Å². The molecular formula is C14H21F3N2O4. The molecule has 1 fully saturated rings. The Morgan fingerprint density at radius 1 is 1.22 bits per heavy atom. The number of carbonyl (C=O) groups is 3. The average molecular weight is 338 g/mol. The molecule has 2 amide bonds. The molecule has 23 heavy (non-hydrogen) atoms. The van der Waals surface area contributed by atoms with Crippen LogP contribution in [0.15, 0.2) is 0 Å². The molecule has 1 saturated heterocycles. The molecule has 1 atom stereocenters. The normalized spacial score (nSPS) is 17.9. The van der Waals surface area contributed by atoms with Crippen molar-refractivity contribution < 1.29 is 32.7 Å². The number of hydrogen-bond acceptors (Lipinski definition) is 3. The number of nitrogens with one attached hydrogen (secondary N) is 1. The molecule has 132 valence electrons. The number of carbonyl (C=O) groups excluding carboxylic acids is 2. The van der Waals surface area contributed by atoms with E-state index in [1.807, 2.05) is 0 Å². The molecule has 6 nitrogen and oxygen atoms in total. The van der Waals surface area contributed by atoms with E-state index in [4.69, 9.17) is 5.11 Å². The van der Waals surface area contributed by atoms with Gasteiger partial charge in [-0.15, -0.1) is 0 Å². The summed E-state index contributed by atoms with van der Waals surface area (Å²) in [5, 5.41) is 10.7. The highest BCUT2D eigenvalue weighted by molar-refractivity contribution is 5.90. The molecule has 0 aliphatic carbocycles. The van der Waals surface area contributed by atoms with E-state index < -0.39 is 35.9 Å². The second-order valence-corrected chi connectivity index (χ2v) is 6.09. The van der Waals surface area contributed by atoms with Gasteiger partial charge in [0.05, 0.1) is 5.92 Å². The van der Waals surface area contributed by atoms with Gasteiger partial charge in [0.25, 0.3) is 0 Å². The second kappa shape index (κ2) is 7.65. The monoisotopic (exact) mass is 338 g/mol. The van der Waals surface area contributed by atoms with Crippen LogP contribution in [0.3, 0.4) is 0 Å².